The van der Waals surface area contributed by atoms with Crippen LogP contribution in [-0.2, 0) is 0 Å². The van der Waals surface area contributed by atoms with Crippen molar-refractivity contribution in [2.75, 3.05) is 39.9 Å². The number of hydrogen-bond donors (Lipinski definition) is 1. The third-order valence-electron chi connectivity index (χ3n) is 3.87. The fraction of sp³-hybridized carbons (Fsp3) is 0.625. The van der Waals surface area contributed by atoms with Crippen LogP contribution in [0, 0.1) is 0 Å². The molecule has 22 heavy (non-hydrogen) atoms. The first-order valence-corrected chi connectivity index (χ1v) is 7.69. The topological polar surface area (TPSA) is 33.7 Å². The van der Waals surface area contributed by atoms with E-state index >= 15 is 0 Å². The van der Waals surface area contributed by atoms with Crippen LogP contribution in [0.2, 0.25) is 0 Å². The van der Waals surface area contributed by atoms with E-state index in [9.17, 15) is 8.78 Å². The molecule has 4 nitrogen and oxygen atoms in total. The van der Waals surface area contributed by atoms with Gasteiger partial charge in [0.25, 0.3) is 0 Å². The number of alkyl halides is 2. The smallest absolute Gasteiger partial charge is 0.240 e. The number of hydrogen-bond acceptors (Lipinski definition) is 4. The van der Waals surface area contributed by atoms with E-state index in [-0.39, 0.29) is 12.5 Å². The Kier molecular flexibility index (Phi) is 6.39. The second-order valence-corrected chi connectivity index (χ2v) is 5.27. The maximum absolute atomic E-state index is 13.0. The molecular weight excluding hydrogens is 290 g/mol. The number of methoxy groups -OCH3 is 1. The predicted octanol–water partition coefficient (Wildman–Crippen LogP) is 2.70. The minimum atomic E-state index is -2.34. The van der Waals surface area contributed by atoms with Crippen LogP contribution in [0.25, 0.3) is 0 Å². The van der Waals surface area contributed by atoms with E-state index in [4.69, 9.17) is 9.47 Å². The first-order chi connectivity index (χ1) is 10.7. The summed E-state index contributed by atoms with van der Waals surface area (Å²) in [5.74, 6) is 1.23. The molecule has 1 N–H and O–H groups in total. The lowest BCUT2D eigenvalue weighted by Gasteiger charge is -2.35. The molecule has 0 radical (unpaired) electrons. The normalized spacial score (nSPS) is 17.5. The van der Waals surface area contributed by atoms with Crippen LogP contribution >= 0.6 is 0 Å². The van der Waals surface area contributed by atoms with Gasteiger partial charge in [0.1, 0.15) is 0 Å². The highest BCUT2D eigenvalue weighted by Crippen LogP contribution is 2.34. The second kappa shape index (κ2) is 8.29. The van der Waals surface area contributed by atoms with E-state index in [1.165, 1.54) is 0 Å². The minimum absolute atomic E-state index is 0.170. The zero-order chi connectivity index (χ0) is 15.9. The monoisotopic (exact) mass is 314 g/mol. The van der Waals surface area contributed by atoms with Crippen molar-refractivity contribution in [2.24, 2.45) is 0 Å². The number of nitrogens with zero attached hydrogens (tertiary/aromatic N) is 1. The van der Waals surface area contributed by atoms with Gasteiger partial charge in [0.05, 0.1) is 13.7 Å². The first-order valence-electron chi connectivity index (χ1n) is 7.69. The molecule has 1 aliphatic rings. The van der Waals surface area contributed by atoms with Crippen LogP contribution in [0.15, 0.2) is 18.2 Å². The predicted molar refractivity (Wildman–Crippen MR) is 82.0 cm³/mol. The van der Waals surface area contributed by atoms with Gasteiger partial charge >= 0.3 is 0 Å². The van der Waals surface area contributed by atoms with Gasteiger partial charge in [-0.25, -0.2) is 8.78 Å². The summed E-state index contributed by atoms with van der Waals surface area (Å²) in [6, 6.07) is 5.19. The molecule has 0 unspecified atom stereocenters. The van der Waals surface area contributed by atoms with Gasteiger partial charge in [0.15, 0.2) is 11.5 Å². The lowest BCUT2D eigenvalue weighted by atomic mass is 10.0. The minimum Gasteiger partial charge on any atom is -0.493 e. The van der Waals surface area contributed by atoms with Crippen LogP contribution in [0.3, 0.4) is 0 Å². The third-order valence-corrected chi connectivity index (χ3v) is 3.87. The summed E-state index contributed by atoms with van der Waals surface area (Å²) in [6.45, 7) is 5.63. The molecule has 124 valence electrons. The fourth-order valence-electron chi connectivity index (χ4n) is 2.82. The summed E-state index contributed by atoms with van der Waals surface area (Å²) in [5, 5.41) is 3.25. The highest BCUT2D eigenvalue weighted by molar-refractivity contribution is 5.44. The zero-order valence-electron chi connectivity index (χ0n) is 13.1. The van der Waals surface area contributed by atoms with Gasteiger partial charge in [-0.2, -0.15) is 0 Å². The van der Waals surface area contributed by atoms with Gasteiger partial charge in [-0.15, -0.1) is 0 Å². The molecule has 0 saturated carbocycles. The maximum Gasteiger partial charge on any atom is 0.240 e. The number of rotatable bonds is 7. The van der Waals surface area contributed by atoms with Crippen molar-refractivity contribution in [2.45, 2.75) is 25.8 Å². The summed E-state index contributed by atoms with van der Waals surface area (Å²) in [4.78, 5) is 2.11. The Morgan fingerprint density at radius 3 is 2.55 bits per heavy atom. The van der Waals surface area contributed by atoms with Gasteiger partial charge in [-0.1, -0.05) is 6.07 Å². The molecule has 1 heterocycles. The molecule has 0 aliphatic carbocycles. The van der Waals surface area contributed by atoms with Crippen molar-refractivity contribution in [3.8, 4) is 11.5 Å². The summed E-state index contributed by atoms with van der Waals surface area (Å²) >= 11 is 0. The Hall–Kier alpha value is -1.40. The van der Waals surface area contributed by atoms with E-state index < -0.39 is 6.43 Å². The van der Waals surface area contributed by atoms with Crippen LogP contribution in [0.4, 0.5) is 8.78 Å². The van der Waals surface area contributed by atoms with Crippen molar-refractivity contribution in [3.05, 3.63) is 23.8 Å². The second-order valence-electron chi connectivity index (χ2n) is 5.27. The Bertz CT molecular complexity index is 465. The van der Waals surface area contributed by atoms with Gasteiger partial charge in [0.2, 0.25) is 6.43 Å². The van der Waals surface area contributed by atoms with E-state index in [0.717, 1.165) is 31.7 Å². The van der Waals surface area contributed by atoms with Gasteiger partial charge in [-0.05, 0) is 24.6 Å². The summed E-state index contributed by atoms with van der Waals surface area (Å²) in [6.07, 6.45) is -2.51. The Morgan fingerprint density at radius 2 is 1.95 bits per heavy atom. The number of ether oxygens (including phenoxy) is 2. The number of nitrogens with one attached hydrogen (secondary N) is 1. The largest absolute Gasteiger partial charge is 0.493 e. The summed E-state index contributed by atoms with van der Waals surface area (Å²) in [7, 11) is 1.56. The van der Waals surface area contributed by atoms with Crippen LogP contribution in [-0.4, -0.2) is 51.2 Å². The van der Waals surface area contributed by atoms with Crippen LogP contribution in [0.5, 0.6) is 11.5 Å². The molecule has 1 aliphatic heterocycles. The van der Waals surface area contributed by atoms with Crippen molar-refractivity contribution >= 4 is 0 Å². The number of piperazine rings is 1. The lowest BCUT2D eigenvalue weighted by molar-refractivity contribution is 0.0738. The molecule has 1 atom stereocenters. The highest BCUT2D eigenvalue weighted by atomic mass is 19.3. The molecule has 1 aromatic rings. The molecule has 1 fully saturated rings. The zero-order valence-corrected chi connectivity index (χ0v) is 13.1. The van der Waals surface area contributed by atoms with Crippen molar-refractivity contribution in [3.63, 3.8) is 0 Å². The van der Waals surface area contributed by atoms with Gasteiger partial charge in [-0.3, -0.25) is 4.90 Å². The third kappa shape index (κ3) is 4.30. The van der Waals surface area contributed by atoms with Crippen molar-refractivity contribution < 1.29 is 18.3 Å². The Labute approximate surface area is 130 Å². The summed E-state index contributed by atoms with van der Waals surface area (Å²) < 4.78 is 36.8. The highest BCUT2D eigenvalue weighted by Gasteiger charge is 2.26. The molecule has 0 spiro atoms. The van der Waals surface area contributed by atoms with E-state index in [0.29, 0.717) is 18.1 Å². The summed E-state index contributed by atoms with van der Waals surface area (Å²) in [5.41, 5.74) is 0.850. The molecule has 0 amide bonds. The molecular formula is C16H24F2N2O2. The van der Waals surface area contributed by atoms with Crippen molar-refractivity contribution in [1.29, 1.82) is 0 Å². The quantitative estimate of drug-likeness (QED) is 0.839. The van der Waals surface area contributed by atoms with Crippen molar-refractivity contribution in [1.82, 2.24) is 10.2 Å². The van der Waals surface area contributed by atoms with Gasteiger partial charge in [0, 0.05) is 38.6 Å². The number of benzene rings is 1. The van der Waals surface area contributed by atoms with Crippen LogP contribution < -0.4 is 14.8 Å². The maximum atomic E-state index is 13.0. The van der Waals surface area contributed by atoms with E-state index in [2.05, 4.69) is 10.2 Å². The van der Waals surface area contributed by atoms with E-state index in [1.807, 2.05) is 19.1 Å². The average Bonchev–Trinajstić information content (AvgIpc) is 2.54. The molecule has 0 bridgehead atoms. The van der Waals surface area contributed by atoms with Gasteiger partial charge < -0.3 is 14.8 Å². The fourth-order valence-corrected chi connectivity index (χ4v) is 2.82. The van der Waals surface area contributed by atoms with Crippen LogP contribution in [0.1, 0.15) is 24.9 Å². The molecule has 1 aromatic carbocycles. The lowest BCUT2D eigenvalue weighted by Crippen LogP contribution is -2.45. The molecule has 2 rings (SSSR count). The van der Waals surface area contributed by atoms with E-state index in [1.54, 1.807) is 13.2 Å². The Morgan fingerprint density at radius 1 is 1.23 bits per heavy atom. The Balaban J connectivity index is 2.25. The standard InChI is InChI=1S/C16H24F2N2O2/c1-3-22-14-5-4-12(10-15(14)21-2)13(11-16(17)18)20-8-6-19-7-9-20/h4-5,10,13,16,19H,3,6-9,11H2,1-2H3/t13-/m0/s1. The number of halogens is 2. The molecule has 0 aromatic heterocycles. The average molecular weight is 314 g/mol. The molecule has 1 saturated heterocycles. The molecule has 6 heteroatoms. The first kappa shape index (κ1) is 17.0. The SMILES string of the molecule is CCOc1ccc([C@H](CC(F)F)N2CCNCC2)cc1OC.